The van der Waals surface area contributed by atoms with Crippen molar-refractivity contribution in [3.63, 3.8) is 0 Å². The van der Waals surface area contributed by atoms with Crippen LogP contribution in [0.15, 0.2) is 42.5 Å². The van der Waals surface area contributed by atoms with Crippen LogP contribution in [0.4, 0.5) is 0 Å². The molecular formula is C14H10O2. The number of aliphatic carboxylic acids is 1. The highest BCUT2D eigenvalue weighted by Gasteiger charge is 2.18. The average molecular weight is 210 g/mol. The molecule has 0 heterocycles. The first kappa shape index (κ1) is 9.16. The van der Waals surface area contributed by atoms with Gasteiger partial charge < -0.3 is 5.11 Å². The van der Waals surface area contributed by atoms with Gasteiger partial charge in [0.05, 0.1) is 0 Å². The van der Waals surface area contributed by atoms with Crippen molar-refractivity contribution >= 4 is 22.3 Å². The normalized spacial score (nSPS) is 15.9. The molecule has 0 radical (unpaired) electrons. The molecule has 0 amide bonds. The Morgan fingerprint density at radius 1 is 1.19 bits per heavy atom. The van der Waals surface area contributed by atoms with E-state index in [1.165, 1.54) is 22.4 Å². The Bertz CT molecular complexity index is 618. The van der Waals surface area contributed by atoms with E-state index in [0.29, 0.717) is 0 Å². The van der Waals surface area contributed by atoms with Gasteiger partial charge >= 0.3 is 5.97 Å². The molecule has 2 aromatic carbocycles. The first-order chi connectivity index (χ1) is 7.75. The molecule has 0 fully saturated rings. The first-order valence-electron chi connectivity index (χ1n) is 5.20. The maximum atomic E-state index is 10.7. The lowest BCUT2D eigenvalue weighted by Crippen LogP contribution is -1.90. The van der Waals surface area contributed by atoms with Crippen molar-refractivity contribution in [2.45, 2.75) is 6.42 Å². The van der Waals surface area contributed by atoms with Crippen molar-refractivity contribution in [2.75, 3.05) is 0 Å². The molecule has 1 aliphatic rings. The van der Waals surface area contributed by atoms with Gasteiger partial charge in [-0.1, -0.05) is 36.4 Å². The van der Waals surface area contributed by atoms with Crippen molar-refractivity contribution in [1.29, 1.82) is 0 Å². The van der Waals surface area contributed by atoms with Gasteiger partial charge in [-0.25, -0.2) is 4.79 Å². The zero-order valence-corrected chi connectivity index (χ0v) is 8.60. The van der Waals surface area contributed by atoms with Gasteiger partial charge in [0.15, 0.2) is 0 Å². The molecule has 2 nitrogen and oxygen atoms in total. The van der Waals surface area contributed by atoms with Gasteiger partial charge in [-0.3, -0.25) is 0 Å². The summed E-state index contributed by atoms with van der Waals surface area (Å²) in [6, 6.07) is 12.2. The summed E-state index contributed by atoms with van der Waals surface area (Å²) in [5.41, 5.74) is 3.19. The van der Waals surface area contributed by atoms with E-state index in [4.69, 9.17) is 5.11 Å². The molecule has 0 aromatic heterocycles. The van der Waals surface area contributed by atoms with Gasteiger partial charge in [-0.05, 0) is 33.9 Å². The number of carboxylic acids is 1. The summed E-state index contributed by atoms with van der Waals surface area (Å²) in [4.78, 5) is 10.7. The number of carbonyl (C=O) groups is 1. The fraction of sp³-hybridized carbons (Fsp3) is 0.0714. The summed E-state index contributed by atoms with van der Waals surface area (Å²) >= 11 is 0. The van der Waals surface area contributed by atoms with E-state index in [9.17, 15) is 4.79 Å². The molecule has 1 N–H and O–H groups in total. The van der Waals surface area contributed by atoms with Gasteiger partial charge in [-0.2, -0.15) is 0 Å². The topological polar surface area (TPSA) is 37.3 Å². The smallest absolute Gasteiger partial charge is 0.328 e. The molecule has 16 heavy (non-hydrogen) atoms. The standard InChI is InChI=1S/C14H10O2/c15-13(16)8-11-7-10-5-1-3-9-4-2-6-12(11)14(9)10/h1-6,8H,7H2,(H,15,16)/b11-8-. The van der Waals surface area contributed by atoms with Crippen LogP contribution in [0.3, 0.4) is 0 Å². The van der Waals surface area contributed by atoms with E-state index >= 15 is 0 Å². The minimum Gasteiger partial charge on any atom is -0.478 e. The minimum atomic E-state index is -0.875. The molecule has 3 rings (SSSR count). The van der Waals surface area contributed by atoms with Crippen LogP contribution in [0.5, 0.6) is 0 Å². The highest BCUT2D eigenvalue weighted by molar-refractivity contribution is 6.05. The van der Waals surface area contributed by atoms with Crippen molar-refractivity contribution in [3.8, 4) is 0 Å². The summed E-state index contributed by atoms with van der Waals surface area (Å²) in [6.07, 6.45) is 2.04. The number of rotatable bonds is 1. The van der Waals surface area contributed by atoms with E-state index < -0.39 is 5.97 Å². The quantitative estimate of drug-likeness (QED) is 0.735. The molecular weight excluding hydrogens is 200 g/mol. The largest absolute Gasteiger partial charge is 0.478 e. The molecule has 2 aromatic rings. The lowest BCUT2D eigenvalue weighted by Gasteiger charge is -2.00. The second kappa shape index (κ2) is 3.20. The van der Waals surface area contributed by atoms with E-state index in [1.54, 1.807) is 0 Å². The Labute approximate surface area is 92.8 Å². The average Bonchev–Trinajstić information content (AvgIpc) is 2.59. The maximum absolute atomic E-state index is 10.7. The first-order valence-corrected chi connectivity index (χ1v) is 5.20. The summed E-state index contributed by atoms with van der Waals surface area (Å²) in [6.45, 7) is 0. The summed E-state index contributed by atoms with van der Waals surface area (Å²) < 4.78 is 0. The van der Waals surface area contributed by atoms with Crippen LogP contribution in [0, 0.1) is 0 Å². The van der Waals surface area contributed by atoms with Gasteiger partial charge in [0.25, 0.3) is 0 Å². The van der Waals surface area contributed by atoms with Gasteiger partial charge in [0.2, 0.25) is 0 Å². The second-order valence-electron chi connectivity index (χ2n) is 4.01. The van der Waals surface area contributed by atoms with E-state index in [0.717, 1.165) is 17.6 Å². The molecule has 0 unspecified atom stereocenters. The Morgan fingerprint density at radius 3 is 2.69 bits per heavy atom. The molecule has 0 bridgehead atoms. The predicted molar refractivity (Wildman–Crippen MR) is 63.3 cm³/mol. The fourth-order valence-electron chi connectivity index (χ4n) is 2.41. The maximum Gasteiger partial charge on any atom is 0.328 e. The lowest BCUT2D eigenvalue weighted by molar-refractivity contribution is -0.131. The lowest BCUT2D eigenvalue weighted by atomic mass is 10.0. The molecule has 0 saturated heterocycles. The number of carboxylic acid groups (broad SMARTS) is 1. The molecule has 0 spiro atoms. The van der Waals surface area contributed by atoms with Crippen molar-refractivity contribution in [2.24, 2.45) is 0 Å². The molecule has 0 aliphatic heterocycles. The Kier molecular flexibility index (Phi) is 1.83. The molecule has 78 valence electrons. The Balaban J connectivity index is 2.33. The van der Waals surface area contributed by atoms with Crippen LogP contribution < -0.4 is 0 Å². The summed E-state index contributed by atoms with van der Waals surface area (Å²) in [5, 5.41) is 11.2. The summed E-state index contributed by atoms with van der Waals surface area (Å²) in [5.74, 6) is -0.875. The van der Waals surface area contributed by atoms with Gasteiger partial charge in [-0.15, -0.1) is 0 Å². The van der Waals surface area contributed by atoms with Crippen LogP contribution in [-0.2, 0) is 11.2 Å². The number of allylic oxidation sites excluding steroid dienone is 1. The Morgan fingerprint density at radius 2 is 1.94 bits per heavy atom. The van der Waals surface area contributed by atoms with Crippen molar-refractivity contribution in [3.05, 3.63) is 53.6 Å². The third-order valence-electron chi connectivity index (χ3n) is 3.02. The van der Waals surface area contributed by atoms with Gasteiger partial charge in [0.1, 0.15) is 0 Å². The molecule has 0 atom stereocenters. The molecule has 0 saturated carbocycles. The second-order valence-corrected chi connectivity index (χ2v) is 4.01. The number of hydrogen-bond acceptors (Lipinski definition) is 1. The highest BCUT2D eigenvalue weighted by atomic mass is 16.4. The van der Waals surface area contributed by atoms with Crippen molar-refractivity contribution < 1.29 is 9.90 Å². The zero-order chi connectivity index (χ0) is 11.1. The van der Waals surface area contributed by atoms with Gasteiger partial charge in [0, 0.05) is 6.08 Å². The molecule has 1 aliphatic carbocycles. The predicted octanol–water partition coefficient (Wildman–Crippen LogP) is 2.86. The van der Waals surface area contributed by atoms with Crippen LogP contribution in [0.25, 0.3) is 16.3 Å². The monoisotopic (exact) mass is 210 g/mol. The number of hydrogen-bond donors (Lipinski definition) is 1. The Hall–Kier alpha value is -2.09. The van der Waals surface area contributed by atoms with E-state index in [-0.39, 0.29) is 0 Å². The SMILES string of the molecule is O=C(O)/C=C1/Cc2cccc3cccc1c23. The minimum absolute atomic E-state index is 0.725. The van der Waals surface area contributed by atoms with Crippen LogP contribution >= 0.6 is 0 Å². The highest BCUT2D eigenvalue weighted by Crippen LogP contribution is 2.37. The zero-order valence-electron chi connectivity index (χ0n) is 8.60. The third-order valence-corrected chi connectivity index (χ3v) is 3.02. The van der Waals surface area contributed by atoms with E-state index in [2.05, 4.69) is 18.2 Å². The van der Waals surface area contributed by atoms with E-state index in [1.807, 2.05) is 18.2 Å². The van der Waals surface area contributed by atoms with Crippen molar-refractivity contribution in [1.82, 2.24) is 0 Å². The fourth-order valence-corrected chi connectivity index (χ4v) is 2.41. The third kappa shape index (κ3) is 1.23. The van der Waals surface area contributed by atoms with Crippen LogP contribution in [0.2, 0.25) is 0 Å². The van der Waals surface area contributed by atoms with Crippen LogP contribution in [0.1, 0.15) is 11.1 Å². The molecule has 2 heteroatoms. The summed E-state index contributed by atoms with van der Waals surface area (Å²) in [7, 11) is 0. The van der Waals surface area contributed by atoms with Crippen LogP contribution in [-0.4, -0.2) is 11.1 Å². The number of benzene rings is 2.